The van der Waals surface area contributed by atoms with Crippen LogP contribution in [0.15, 0.2) is 12.3 Å². The van der Waals surface area contributed by atoms with Gasteiger partial charge in [0.2, 0.25) is 0 Å². The molecule has 0 saturated carbocycles. The van der Waals surface area contributed by atoms with E-state index in [1.165, 1.54) is 0 Å². The van der Waals surface area contributed by atoms with Crippen LogP contribution in [0.4, 0.5) is 5.82 Å². The fourth-order valence-electron chi connectivity index (χ4n) is 1.47. The first-order chi connectivity index (χ1) is 7.15. The molecule has 1 aromatic rings. The van der Waals surface area contributed by atoms with Gasteiger partial charge in [-0.05, 0) is 33.3 Å². The van der Waals surface area contributed by atoms with E-state index in [1.807, 2.05) is 13.0 Å². The van der Waals surface area contributed by atoms with Gasteiger partial charge in [-0.1, -0.05) is 0 Å². The first kappa shape index (κ1) is 12.2. The largest absolute Gasteiger partial charge is 0.354 e. The van der Waals surface area contributed by atoms with Gasteiger partial charge in [0.1, 0.15) is 11.6 Å². The highest BCUT2D eigenvalue weighted by atomic mass is 35.5. The van der Waals surface area contributed by atoms with Crippen molar-refractivity contribution in [2.45, 2.75) is 33.2 Å². The molecule has 0 aliphatic rings. The summed E-state index contributed by atoms with van der Waals surface area (Å²) < 4.78 is 0. The third-order valence-electron chi connectivity index (χ3n) is 2.21. The molecule has 15 heavy (non-hydrogen) atoms. The van der Waals surface area contributed by atoms with Crippen LogP contribution in [0.3, 0.4) is 0 Å². The van der Waals surface area contributed by atoms with Gasteiger partial charge in [0.25, 0.3) is 0 Å². The van der Waals surface area contributed by atoms with Crippen molar-refractivity contribution in [2.75, 3.05) is 17.3 Å². The van der Waals surface area contributed by atoms with Crippen LogP contribution in [0.5, 0.6) is 0 Å². The van der Waals surface area contributed by atoms with E-state index in [0.717, 1.165) is 24.6 Å². The van der Waals surface area contributed by atoms with Crippen LogP contribution in [-0.2, 0) is 0 Å². The van der Waals surface area contributed by atoms with Gasteiger partial charge in [-0.3, -0.25) is 0 Å². The Morgan fingerprint density at radius 1 is 1.47 bits per heavy atom. The Morgan fingerprint density at radius 3 is 2.73 bits per heavy atom. The van der Waals surface area contributed by atoms with Gasteiger partial charge in [0, 0.05) is 24.7 Å². The monoisotopic (exact) mass is 227 g/mol. The van der Waals surface area contributed by atoms with Gasteiger partial charge >= 0.3 is 0 Å². The third-order valence-corrected chi connectivity index (χ3v) is 2.48. The lowest BCUT2D eigenvalue weighted by Crippen LogP contribution is -2.32. The zero-order chi connectivity index (χ0) is 11.3. The quantitative estimate of drug-likeness (QED) is 0.725. The molecule has 84 valence electrons. The number of hydrogen-bond acceptors (Lipinski definition) is 3. The number of nitrogens with zero attached hydrogens (tertiary/aromatic N) is 3. The molecule has 0 saturated heterocycles. The van der Waals surface area contributed by atoms with Crippen molar-refractivity contribution in [3.05, 3.63) is 18.1 Å². The zero-order valence-electron chi connectivity index (χ0n) is 9.57. The van der Waals surface area contributed by atoms with E-state index in [2.05, 4.69) is 28.7 Å². The van der Waals surface area contributed by atoms with Crippen molar-refractivity contribution in [3.8, 4) is 0 Å². The lowest BCUT2D eigenvalue weighted by Gasteiger charge is -2.27. The van der Waals surface area contributed by atoms with Gasteiger partial charge in [-0.15, -0.1) is 11.6 Å². The number of aromatic nitrogens is 2. The molecule has 0 unspecified atom stereocenters. The van der Waals surface area contributed by atoms with Gasteiger partial charge in [0.05, 0.1) is 0 Å². The molecule has 0 spiro atoms. The van der Waals surface area contributed by atoms with Crippen LogP contribution in [-0.4, -0.2) is 28.4 Å². The average molecular weight is 228 g/mol. The summed E-state index contributed by atoms with van der Waals surface area (Å²) in [6, 6.07) is 2.38. The maximum absolute atomic E-state index is 5.71. The fraction of sp³-hybridized carbons (Fsp3) is 0.636. The van der Waals surface area contributed by atoms with Crippen molar-refractivity contribution < 1.29 is 0 Å². The van der Waals surface area contributed by atoms with Crippen LogP contribution in [0.1, 0.15) is 26.1 Å². The number of hydrogen-bond donors (Lipinski definition) is 0. The number of halogens is 1. The lowest BCUT2D eigenvalue weighted by molar-refractivity contribution is 0.661. The van der Waals surface area contributed by atoms with E-state index in [4.69, 9.17) is 11.6 Å². The fourth-order valence-corrected chi connectivity index (χ4v) is 1.59. The van der Waals surface area contributed by atoms with Crippen LogP contribution in [0.2, 0.25) is 0 Å². The summed E-state index contributed by atoms with van der Waals surface area (Å²) in [5, 5.41) is 0. The Labute approximate surface area is 96.5 Å². The maximum atomic E-state index is 5.71. The van der Waals surface area contributed by atoms with Crippen molar-refractivity contribution in [1.82, 2.24) is 9.97 Å². The molecule has 0 atom stereocenters. The average Bonchev–Trinajstić information content (AvgIpc) is 2.18. The molecule has 0 fully saturated rings. The highest BCUT2D eigenvalue weighted by Crippen LogP contribution is 2.13. The highest BCUT2D eigenvalue weighted by molar-refractivity contribution is 6.17. The van der Waals surface area contributed by atoms with Crippen molar-refractivity contribution >= 4 is 17.4 Å². The van der Waals surface area contributed by atoms with E-state index in [0.29, 0.717) is 11.9 Å². The molecule has 0 bridgehead atoms. The molecule has 3 nitrogen and oxygen atoms in total. The normalized spacial score (nSPS) is 10.7. The molecule has 0 aromatic carbocycles. The topological polar surface area (TPSA) is 29.0 Å². The minimum Gasteiger partial charge on any atom is -0.354 e. The van der Waals surface area contributed by atoms with Crippen molar-refractivity contribution in [2.24, 2.45) is 0 Å². The molecule has 0 aliphatic heterocycles. The first-order valence-electron chi connectivity index (χ1n) is 5.27. The van der Waals surface area contributed by atoms with Gasteiger partial charge in [-0.2, -0.15) is 0 Å². The molecule has 0 aliphatic carbocycles. The molecule has 1 aromatic heterocycles. The Bertz CT molecular complexity index is 302. The van der Waals surface area contributed by atoms with E-state index in [1.54, 1.807) is 6.20 Å². The molecular formula is C11H18ClN3. The van der Waals surface area contributed by atoms with Crippen LogP contribution in [0.25, 0.3) is 0 Å². The predicted molar refractivity (Wildman–Crippen MR) is 64.6 cm³/mol. The van der Waals surface area contributed by atoms with E-state index >= 15 is 0 Å². The molecule has 1 rings (SSSR count). The van der Waals surface area contributed by atoms with E-state index in [-0.39, 0.29) is 0 Å². The van der Waals surface area contributed by atoms with Gasteiger partial charge < -0.3 is 4.90 Å². The SMILES string of the molecule is Cc1nccc(N(CCCCl)C(C)C)n1. The summed E-state index contributed by atoms with van der Waals surface area (Å²) in [6.45, 7) is 7.17. The molecular weight excluding hydrogens is 210 g/mol. The molecule has 0 N–H and O–H groups in total. The Hall–Kier alpha value is -0.830. The van der Waals surface area contributed by atoms with Crippen molar-refractivity contribution in [3.63, 3.8) is 0 Å². The molecule has 4 heteroatoms. The third kappa shape index (κ3) is 3.67. The van der Waals surface area contributed by atoms with Crippen LogP contribution < -0.4 is 4.90 Å². The summed E-state index contributed by atoms with van der Waals surface area (Å²) >= 11 is 5.71. The second-order valence-electron chi connectivity index (χ2n) is 3.79. The van der Waals surface area contributed by atoms with E-state index in [9.17, 15) is 0 Å². The minimum absolute atomic E-state index is 0.433. The Balaban J connectivity index is 2.79. The number of anilines is 1. The molecule has 1 heterocycles. The molecule has 0 amide bonds. The number of aryl methyl sites for hydroxylation is 1. The maximum Gasteiger partial charge on any atom is 0.132 e. The summed E-state index contributed by atoms with van der Waals surface area (Å²) in [7, 11) is 0. The second-order valence-corrected chi connectivity index (χ2v) is 4.17. The van der Waals surface area contributed by atoms with Crippen LogP contribution >= 0.6 is 11.6 Å². The summed E-state index contributed by atoms with van der Waals surface area (Å²) in [4.78, 5) is 10.8. The highest BCUT2D eigenvalue weighted by Gasteiger charge is 2.11. The van der Waals surface area contributed by atoms with Crippen LogP contribution in [0, 0.1) is 6.92 Å². The van der Waals surface area contributed by atoms with E-state index < -0.39 is 0 Å². The Morgan fingerprint density at radius 2 is 2.20 bits per heavy atom. The number of alkyl halides is 1. The summed E-state index contributed by atoms with van der Waals surface area (Å²) in [6.07, 6.45) is 2.77. The predicted octanol–water partition coefficient (Wildman–Crippen LogP) is 2.63. The lowest BCUT2D eigenvalue weighted by atomic mass is 10.3. The smallest absolute Gasteiger partial charge is 0.132 e. The number of rotatable bonds is 5. The first-order valence-corrected chi connectivity index (χ1v) is 5.81. The minimum atomic E-state index is 0.433. The Kier molecular flexibility index (Phi) is 4.82. The standard InChI is InChI=1S/C11H18ClN3/c1-9(2)15(8-4-6-12)11-5-7-13-10(3)14-11/h5,7,9H,4,6,8H2,1-3H3. The van der Waals surface area contributed by atoms with Gasteiger partial charge in [0.15, 0.2) is 0 Å². The zero-order valence-corrected chi connectivity index (χ0v) is 10.3. The van der Waals surface area contributed by atoms with Crippen molar-refractivity contribution in [1.29, 1.82) is 0 Å². The van der Waals surface area contributed by atoms with Gasteiger partial charge in [-0.25, -0.2) is 9.97 Å². The summed E-state index contributed by atoms with van der Waals surface area (Å²) in [5.41, 5.74) is 0. The second kappa shape index (κ2) is 5.91. The summed E-state index contributed by atoms with van der Waals surface area (Å²) in [5.74, 6) is 2.49. The molecule has 0 radical (unpaired) electrons.